The zero-order valence-corrected chi connectivity index (χ0v) is 13.0. The van der Waals surface area contributed by atoms with Crippen molar-refractivity contribution >= 4 is 34.9 Å². The van der Waals surface area contributed by atoms with E-state index in [4.69, 9.17) is 27.9 Å². The third-order valence-electron chi connectivity index (χ3n) is 2.89. The highest BCUT2D eigenvalue weighted by Gasteiger charge is 2.22. The van der Waals surface area contributed by atoms with Crippen molar-refractivity contribution in [3.8, 4) is 0 Å². The predicted molar refractivity (Wildman–Crippen MR) is 85.9 cm³/mol. The zero-order chi connectivity index (χ0) is 15.2. The molecular formula is C16H15Cl2NO2. The molecule has 1 N–H and O–H groups in total. The summed E-state index contributed by atoms with van der Waals surface area (Å²) < 4.78 is 5.12. The SMILES string of the molecule is CCOC(=O)C(Nc1ccc(Cl)cc1Cl)c1ccccc1. The van der Waals surface area contributed by atoms with Crippen LogP contribution in [0.25, 0.3) is 0 Å². The summed E-state index contributed by atoms with van der Waals surface area (Å²) in [4.78, 5) is 12.2. The Labute approximate surface area is 133 Å². The van der Waals surface area contributed by atoms with E-state index in [2.05, 4.69) is 5.32 Å². The lowest BCUT2D eigenvalue weighted by Crippen LogP contribution is -2.23. The maximum Gasteiger partial charge on any atom is 0.333 e. The summed E-state index contributed by atoms with van der Waals surface area (Å²) in [6.45, 7) is 2.09. The van der Waals surface area contributed by atoms with Crippen molar-refractivity contribution in [3.05, 3.63) is 64.1 Å². The average Bonchev–Trinajstić information content (AvgIpc) is 2.47. The highest BCUT2D eigenvalue weighted by Crippen LogP contribution is 2.29. The standard InChI is InChI=1S/C16H15Cl2NO2/c1-2-21-16(20)15(11-6-4-3-5-7-11)19-14-9-8-12(17)10-13(14)18/h3-10,15,19H,2H2,1H3. The van der Waals surface area contributed by atoms with Crippen LogP contribution in [0.2, 0.25) is 10.0 Å². The van der Waals surface area contributed by atoms with E-state index in [-0.39, 0.29) is 5.97 Å². The summed E-state index contributed by atoms with van der Waals surface area (Å²) in [6.07, 6.45) is 0. The molecule has 3 nitrogen and oxygen atoms in total. The van der Waals surface area contributed by atoms with E-state index in [1.165, 1.54) is 0 Å². The van der Waals surface area contributed by atoms with E-state index in [1.807, 2.05) is 30.3 Å². The smallest absolute Gasteiger partial charge is 0.333 e. The van der Waals surface area contributed by atoms with Crippen LogP contribution < -0.4 is 5.32 Å². The molecule has 1 atom stereocenters. The molecular weight excluding hydrogens is 309 g/mol. The number of esters is 1. The molecule has 2 aromatic rings. The van der Waals surface area contributed by atoms with Crippen LogP contribution >= 0.6 is 23.2 Å². The summed E-state index contributed by atoms with van der Waals surface area (Å²) in [5.74, 6) is -0.352. The largest absolute Gasteiger partial charge is 0.464 e. The molecule has 0 saturated heterocycles. The highest BCUT2D eigenvalue weighted by atomic mass is 35.5. The first-order valence-corrected chi connectivity index (χ1v) is 7.30. The number of hydrogen-bond acceptors (Lipinski definition) is 3. The minimum atomic E-state index is -0.621. The van der Waals surface area contributed by atoms with Gasteiger partial charge in [0.1, 0.15) is 0 Å². The topological polar surface area (TPSA) is 38.3 Å². The van der Waals surface area contributed by atoms with Gasteiger partial charge >= 0.3 is 5.97 Å². The van der Waals surface area contributed by atoms with Crippen LogP contribution in [0, 0.1) is 0 Å². The number of ether oxygens (including phenoxy) is 1. The van der Waals surface area contributed by atoms with Crippen LogP contribution in [0.5, 0.6) is 0 Å². The molecule has 21 heavy (non-hydrogen) atoms. The van der Waals surface area contributed by atoms with Gasteiger partial charge in [0.05, 0.1) is 17.3 Å². The molecule has 0 amide bonds. The Bertz CT molecular complexity index is 617. The van der Waals surface area contributed by atoms with Gasteiger partial charge in [0.2, 0.25) is 0 Å². The number of rotatable bonds is 5. The molecule has 0 saturated carbocycles. The number of anilines is 1. The van der Waals surface area contributed by atoms with Gasteiger partial charge in [-0.2, -0.15) is 0 Å². The summed E-state index contributed by atoms with van der Waals surface area (Å²) in [5.41, 5.74) is 1.44. The highest BCUT2D eigenvalue weighted by molar-refractivity contribution is 6.36. The van der Waals surface area contributed by atoms with Gasteiger partial charge in [0, 0.05) is 5.02 Å². The summed E-state index contributed by atoms with van der Waals surface area (Å²) in [5, 5.41) is 4.10. The molecule has 0 bridgehead atoms. The van der Waals surface area contributed by atoms with Crippen molar-refractivity contribution in [1.29, 1.82) is 0 Å². The fourth-order valence-electron chi connectivity index (χ4n) is 1.91. The van der Waals surface area contributed by atoms with Crippen molar-refractivity contribution in [2.45, 2.75) is 13.0 Å². The molecule has 5 heteroatoms. The minimum Gasteiger partial charge on any atom is -0.464 e. The molecule has 0 fully saturated rings. The van der Waals surface area contributed by atoms with E-state index in [9.17, 15) is 4.79 Å². The van der Waals surface area contributed by atoms with Crippen LogP contribution in [-0.4, -0.2) is 12.6 Å². The van der Waals surface area contributed by atoms with Gasteiger partial charge in [-0.3, -0.25) is 0 Å². The normalized spacial score (nSPS) is 11.8. The van der Waals surface area contributed by atoms with Gasteiger partial charge in [-0.25, -0.2) is 4.79 Å². The second-order valence-electron chi connectivity index (χ2n) is 4.36. The maximum atomic E-state index is 12.2. The minimum absolute atomic E-state index is 0.318. The van der Waals surface area contributed by atoms with Gasteiger partial charge in [-0.05, 0) is 30.7 Å². The first-order valence-electron chi connectivity index (χ1n) is 6.55. The second-order valence-corrected chi connectivity index (χ2v) is 5.21. The molecule has 0 aromatic heterocycles. The molecule has 0 aliphatic carbocycles. The Balaban J connectivity index is 2.30. The lowest BCUT2D eigenvalue weighted by molar-refractivity contribution is -0.144. The maximum absolute atomic E-state index is 12.2. The fourth-order valence-corrected chi connectivity index (χ4v) is 2.37. The molecule has 110 valence electrons. The van der Waals surface area contributed by atoms with Gasteiger partial charge < -0.3 is 10.1 Å². The molecule has 2 aromatic carbocycles. The van der Waals surface area contributed by atoms with Gasteiger partial charge in [0.15, 0.2) is 6.04 Å². The quantitative estimate of drug-likeness (QED) is 0.810. The predicted octanol–water partition coefficient (Wildman–Crippen LogP) is 4.71. The van der Waals surface area contributed by atoms with E-state index in [0.717, 1.165) is 5.56 Å². The molecule has 1 unspecified atom stereocenters. The second kappa shape index (κ2) is 7.34. The van der Waals surface area contributed by atoms with Crippen LogP contribution in [0.4, 0.5) is 5.69 Å². The Morgan fingerprint density at radius 3 is 2.52 bits per heavy atom. The van der Waals surface area contributed by atoms with Crippen LogP contribution in [0.3, 0.4) is 0 Å². The van der Waals surface area contributed by atoms with E-state index < -0.39 is 6.04 Å². The molecule has 0 aliphatic heterocycles. The third kappa shape index (κ3) is 4.13. The Morgan fingerprint density at radius 2 is 1.90 bits per heavy atom. The number of carbonyl (C=O) groups is 1. The van der Waals surface area contributed by atoms with Crippen molar-refractivity contribution in [3.63, 3.8) is 0 Å². The fraction of sp³-hybridized carbons (Fsp3) is 0.188. The number of nitrogens with one attached hydrogen (secondary N) is 1. The van der Waals surface area contributed by atoms with Gasteiger partial charge in [-0.1, -0.05) is 53.5 Å². The monoisotopic (exact) mass is 323 g/mol. The first kappa shape index (κ1) is 15.7. The van der Waals surface area contributed by atoms with Crippen molar-refractivity contribution in [2.75, 3.05) is 11.9 Å². The van der Waals surface area contributed by atoms with Crippen molar-refractivity contribution in [1.82, 2.24) is 0 Å². The van der Waals surface area contributed by atoms with E-state index >= 15 is 0 Å². The van der Waals surface area contributed by atoms with Gasteiger partial charge in [-0.15, -0.1) is 0 Å². The molecule has 0 aliphatic rings. The number of benzene rings is 2. The number of hydrogen-bond donors (Lipinski definition) is 1. The van der Waals surface area contributed by atoms with Crippen LogP contribution in [0.1, 0.15) is 18.5 Å². The molecule has 0 radical (unpaired) electrons. The zero-order valence-electron chi connectivity index (χ0n) is 11.5. The molecule has 0 heterocycles. The van der Waals surface area contributed by atoms with Crippen molar-refractivity contribution < 1.29 is 9.53 Å². The van der Waals surface area contributed by atoms with Crippen molar-refractivity contribution in [2.24, 2.45) is 0 Å². The Kier molecular flexibility index (Phi) is 5.48. The summed E-state index contributed by atoms with van der Waals surface area (Å²) in [6, 6.07) is 13.8. The summed E-state index contributed by atoms with van der Waals surface area (Å²) in [7, 11) is 0. The average molecular weight is 324 g/mol. The molecule has 0 spiro atoms. The lowest BCUT2D eigenvalue weighted by Gasteiger charge is -2.19. The Hall–Kier alpha value is -1.71. The lowest BCUT2D eigenvalue weighted by atomic mass is 10.1. The van der Waals surface area contributed by atoms with Crippen LogP contribution in [0.15, 0.2) is 48.5 Å². The number of halogens is 2. The van der Waals surface area contributed by atoms with Crippen LogP contribution in [-0.2, 0) is 9.53 Å². The molecule has 2 rings (SSSR count). The first-order chi connectivity index (χ1) is 10.1. The third-order valence-corrected chi connectivity index (χ3v) is 3.43. The van der Waals surface area contributed by atoms with Gasteiger partial charge in [0.25, 0.3) is 0 Å². The van der Waals surface area contributed by atoms with E-state index in [1.54, 1.807) is 25.1 Å². The summed E-state index contributed by atoms with van der Waals surface area (Å²) >= 11 is 12.0. The Morgan fingerprint density at radius 1 is 1.19 bits per heavy atom. The number of carbonyl (C=O) groups excluding carboxylic acids is 1. The van der Waals surface area contributed by atoms with E-state index in [0.29, 0.717) is 22.3 Å².